The molecule has 0 saturated heterocycles. The summed E-state index contributed by atoms with van der Waals surface area (Å²) in [7, 11) is 0. The van der Waals surface area contributed by atoms with Crippen LogP contribution in [0.4, 0.5) is 19.0 Å². The number of hydrogen-bond acceptors (Lipinski definition) is 4. The standard InChI is InChI=1S/C23H18F3N3O/c24-23(25,26)18-4-1-3-17(12-18)11-15-6-8-16(9-7-15)13-19-14-21(30-29-19)20-5-2-10-28-22(20)27/h1-10,12,14H,11,13H2,(H2,27,28). The minimum absolute atomic E-state index is 0.374. The van der Waals surface area contributed by atoms with E-state index in [2.05, 4.69) is 10.1 Å². The summed E-state index contributed by atoms with van der Waals surface area (Å²) < 4.78 is 44.0. The van der Waals surface area contributed by atoms with E-state index in [-0.39, 0.29) is 0 Å². The molecule has 0 saturated carbocycles. The number of aromatic nitrogens is 2. The Morgan fingerprint density at radius 2 is 1.57 bits per heavy atom. The van der Waals surface area contributed by atoms with Gasteiger partial charge in [-0.25, -0.2) is 4.98 Å². The number of hydrogen-bond donors (Lipinski definition) is 1. The Hall–Kier alpha value is -3.61. The molecule has 4 nitrogen and oxygen atoms in total. The third-order valence-corrected chi connectivity index (χ3v) is 4.73. The van der Waals surface area contributed by atoms with Crippen molar-refractivity contribution in [2.24, 2.45) is 0 Å². The van der Waals surface area contributed by atoms with Gasteiger partial charge in [0.1, 0.15) is 5.82 Å². The number of anilines is 1. The van der Waals surface area contributed by atoms with E-state index in [0.29, 0.717) is 35.5 Å². The molecule has 0 aliphatic heterocycles. The molecule has 0 radical (unpaired) electrons. The van der Waals surface area contributed by atoms with Gasteiger partial charge in [-0.05, 0) is 41.3 Å². The summed E-state index contributed by atoms with van der Waals surface area (Å²) in [5.74, 6) is 0.927. The molecule has 0 bridgehead atoms. The predicted molar refractivity (Wildman–Crippen MR) is 108 cm³/mol. The molecule has 0 fully saturated rings. The van der Waals surface area contributed by atoms with Crippen molar-refractivity contribution in [3.63, 3.8) is 0 Å². The van der Waals surface area contributed by atoms with E-state index in [9.17, 15) is 13.2 Å². The molecule has 0 unspecified atom stereocenters. The van der Waals surface area contributed by atoms with Gasteiger partial charge in [-0.1, -0.05) is 47.6 Å². The van der Waals surface area contributed by atoms with Crippen molar-refractivity contribution in [3.8, 4) is 11.3 Å². The van der Waals surface area contributed by atoms with Gasteiger partial charge in [0.05, 0.1) is 16.8 Å². The molecule has 2 heterocycles. The van der Waals surface area contributed by atoms with E-state index in [1.54, 1.807) is 18.3 Å². The number of rotatable bonds is 5. The van der Waals surface area contributed by atoms with Crippen molar-refractivity contribution in [1.82, 2.24) is 10.1 Å². The van der Waals surface area contributed by atoms with Crippen molar-refractivity contribution >= 4 is 5.82 Å². The fourth-order valence-electron chi connectivity index (χ4n) is 3.23. The average molecular weight is 409 g/mol. The lowest BCUT2D eigenvalue weighted by Crippen LogP contribution is -2.05. The monoisotopic (exact) mass is 409 g/mol. The maximum atomic E-state index is 12.9. The van der Waals surface area contributed by atoms with Gasteiger partial charge < -0.3 is 10.3 Å². The minimum Gasteiger partial charge on any atom is -0.383 e. The molecule has 152 valence electrons. The number of nitrogen functional groups attached to an aromatic ring is 1. The third-order valence-electron chi connectivity index (χ3n) is 4.73. The summed E-state index contributed by atoms with van der Waals surface area (Å²) in [4.78, 5) is 4.04. The number of alkyl halides is 3. The van der Waals surface area contributed by atoms with Gasteiger partial charge in [-0.15, -0.1) is 0 Å². The highest BCUT2D eigenvalue weighted by atomic mass is 19.4. The van der Waals surface area contributed by atoms with Gasteiger partial charge >= 0.3 is 6.18 Å². The van der Waals surface area contributed by atoms with E-state index >= 15 is 0 Å². The van der Waals surface area contributed by atoms with Crippen LogP contribution in [0, 0.1) is 0 Å². The normalized spacial score (nSPS) is 11.6. The molecule has 0 atom stereocenters. The highest BCUT2D eigenvalue weighted by molar-refractivity contribution is 5.69. The Labute approximate surface area is 171 Å². The van der Waals surface area contributed by atoms with Crippen LogP contribution in [0.5, 0.6) is 0 Å². The van der Waals surface area contributed by atoms with E-state index in [4.69, 9.17) is 10.3 Å². The van der Waals surface area contributed by atoms with Crippen LogP contribution in [0.25, 0.3) is 11.3 Å². The Morgan fingerprint density at radius 3 is 2.27 bits per heavy atom. The zero-order chi connectivity index (χ0) is 21.1. The Kier molecular flexibility index (Phi) is 5.27. The zero-order valence-electron chi connectivity index (χ0n) is 15.9. The van der Waals surface area contributed by atoms with Gasteiger partial charge in [0.2, 0.25) is 0 Å². The van der Waals surface area contributed by atoms with E-state index in [1.807, 2.05) is 36.4 Å². The summed E-state index contributed by atoms with van der Waals surface area (Å²) in [6, 6.07) is 18.5. The van der Waals surface area contributed by atoms with Crippen molar-refractivity contribution in [2.75, 3.05) is 5.73 Å². The molecule has 0 aliphatic rings. The maximum absolute atomic E-state index is 12.9. The van der Waals surface area contributed by atoms with Crippen molar-refractivity contribution in [3.05, 3.63) is 101 Å². The van der Waals surface area contributed by atoms with Crippen LogP contribution in [-0.4, -0.2) is 10.1 Å². The minimum atomic E-state index is -4.34. The van der Waals surface area contributed by atoms with Crippen LogP contribution in [0.3, 0.4) is 0 Å². The van der Waals surface area contributed by atoms with Gasteiger partial charge in [-0.3, -0.25) is 0 Å². The molecule has 0 amide bonds. The Bertz CT molecular complexity index is 1150. The second kappa shape index (κ2) is 8.02. The van der Waals surface area contributed by atoms with Crippen molar-refractivity contribution in [1.29, 1.82) is 0 Å². The first kappa shape index (κ1) is 19.7. The summed E-state index contributed by atoms with van der Waals surface area (Å²) in [6.07, 6.45) is -1.74. The summed E-state index contributed by atoms with van der Waals surface area (Å²) in [6.45, 7) is 0. The number of nitrogens with two attached hydrogens (primary N) is 1. The molecule has 4 aromatic rings. The lowest BCUT2D eigenvalue weighted by atomic mass is 10.0. The lowest BCUT2D eigenvalue weighted by molar-refractivity contribution is -0.137. The first-order chi connectivity index (χ1) is 14.4. The second-order valence-corrected chi connectivity index (χ2v) is 6.99. The fraction of sp³-hybridized carbons (Fsp3) is 0.130. The van der Waals surface area contributed by atoms with E-state index in [0.717, 1.165) is 22.9 Å². The van der Waals surface area contributed by atoms with Crippen molar-refractivity contribution < 1.29 is 17.7 Å². The average Bonchev–Trinajstić information content (AvgIpc) is 3.18. The van der Waals surface area contributed by atoms with Crippen LogP contribution >= 0.6 is 0 Å². The number of nitrogens with zero attached hydrogens (tertiary/aromatic N) is 2. The summed E-state index contributed by atoms with van der Waals surface area (Å²) in [5, 5.41) is 4.09. The molecule has 30 heavy (non-hydrogen) atoms. The quantitative estimate of drug-likeness (QED) is 0.471. The predicted octanol–water partition coefficient (Wildman–Crippen LogP) is 5.52. The van der Waals surface area contributed by atoms with Crippen molar-refractivity contribution in [2.45, 2.75) is 19.0 Å². The molecule has 4 rings (SSSR count). The SMILES string of the molecule is Nc1ncccc1-c1cc(Cc2ccc(Cc3cccc(C(F)(F)F)c3)cc2)no1. The molecule has 2 N–H and O–H groups in total. The Morgan fingerprint density at radius 1 is 0.833 bits per heavy atom. The molecule has 0 spiro atoms. The molecular formula is C23H18F3N3O. The number of benzene rings is 2. The van der Waals surface area contributed by atoms with Crippen LogP contribution < -0.4 is 5.73 Å². The zero-order valence-corrected chi connectivity index (χ0v) is 15.9. The van der Waals surface area contributed by atoms with Gasteiger partial charge in [0.15, 0.2) is 5.76 Å². The van der Waals surface area contributed by atoms with Crippen LogP contribution in [-0.2, 0) is 19.0 Å². The topological polar surface area (TPSA) is 64.9 Å². The van der Waals surface area contributed by atoms with Crippen LogP contribution in [0.1, 0.15) is 27.9 Å². The molecule has 7 heteroatoms. The van der Waals surface area contributed by atoms with Gasteiger partial charge in [0, 0.05) is 18.7 Å². The van der Waals surface area contributed by atoms with E-state index in [1.165, 1.54) is 12.1 Å². The lowest BCUT2D eigenvalue weighted by Gasteiger charge is -2.09. The van der Waals surface area contributed by atoms with Gasteiger partial charge in [-0.2, -0.15) is 13.2 Å². The second-order valence-electron chi connectivity index (χ2n) is 6.99. The smallest absolute Gasteiger partial charge is 0.383 e. The first-order valence-corrected chi connectivity index (χ1v) is 9.29. The highest BCUT2D eigenvalue weighted by Gasteiger charge is 2.30. The van der Waals surface area contributed by atoms with Crippen LogP contribution in [0.2, 0.25) is 0 Å². The maximum Gasteiger partial charge on any atom is 0.416 e. The largest absolute Gasteiger partial charge is 0.416 e. The Balaban J connectivity index is 1.44. The summed E-state index contributed by atoms with van der Waals surface area (Å²) in [5.41, 5.74) is 9.24. The molecular weight excluding hydrogens is 391 g/mol. The molecule has 2 aromatic carbocycles. The summed E-state index contributed by atoms with van der Waals surface area (Å²) >= 11 is 0. The molecule has 2 aromatic heterocycles. The molecule has 0 aliphatic carbocycles. The highest BCUT2D eigenvalue weighted by Crippen LogP contribution is 2.30. The third kappa shape index (κ3) is 4.51. The van der Waals surface area contributed by atoms with E-state index < -0.39 is 11.7 Å². The fourth-order valence-corrected chi connectivity index (χ4v) is 3.23. The van der Waals surface area contributed by atoms with Gasteiger partial charge in [0.25, 0.3) is 0 Å². The first-order valence-electron chi connectivity index (χ1n) is 9.29. The number of halogens is 3. The number of pyridine rings is 1. The van der Waals surface area contributed by atoms with Crippen LogP contribution in [0.15, 0.2) is 77.4 Å².